The number of aromatic hydroxyl groups is 1. The summed E-state index contributed by atoms with van der Waals surface area (Å²) in [6.07, 6.45) is 1.62. The van der Waals surface area contributed by atoms with Crippen LogP contribution in [0.5, 0.6) is 5.75 Å². The number of carbonyl (C=O) groups is 1. The van der Waals surface area contributed by atoms with E-state index in [0.717, 1.165) is 18.4 Å². The van der Waals surface area contributed by atoms with Crippen molar-refractivity contribution in [1.29, 1.82) is 0 Å². The number of rotatable bonds is 3. The molecule has 4 heteroatoms. The van der Waals surface area contributed by atoms with E-state index in [1.54, 1.807) is 12.1 Å². The largest absolute Gasteiger partial charge is 0.507 e. The molecule has 2 rings (SSSR count). The molecule has 1 saturated heterocycles. The monoisotopic (exact) mass is 263 g/mol. The lowest BCUT2D eigenvalue weighted by atomic mass is 10.0. The highest BCUT2D eigenvalue weighted by Crippen LogP contribution is 2.25. The van der Waals surface area contributed by atoms with Gasteiger partial charge in [0.25, 0.3) is 5.91 Å². The molecule has 4 nitrogen and oxygen atoms in total. The molecule has 0 aliphatic carbocycles. The molecule has 1 aliphatic heterocycles. The van der Waals surface area contributed by atoms with E-state index >= 15 is 0 Å². The molecule has 1 aromatic carbocycles. The number of hydrogen-bond acceptors (Lipinski definition) is 3. The summed E-state index contributed by atoms with van der Waals surface area (Å²) in [5.74, 6) is -0.216. The van der Waals surface area contributed by atoms with E-state index in [1.807, 2.05) is 26.8 Å². The number of benzene rings is 1. The first-order valence-electron chi connectivity index (χ1n) is 6.68. The van der Waals surface area contributed by atoms with E-state index in [4.69, 9.17) is 4.74 Å². The van der Waals surface area contributed by atoms with Gasteiger partial charge >= 0.3 is 0 Å². The molecule has 0 radical (unpaired) electrons. The molecule has 1 aromatic rings. The molecule has 0 spiro atoms. The van der Waals surface area contributed by atoms with Crippen molar-refractivity contribution in [2.75, 3.05) is 6.61 Å². The molecular weight excluding hydrogens is 242 g/mol. The quantitative estimate of drug-likeness (QED) is 0.879. The molecule has 1 atom stereocenters. The lowest BCUT2D eigenvalue weighted by Crippen LogP contribution is -2.35. The number of phenols is 1. The maximum Gasteiger partial charge on any atom is 0.255 e. The van der Waals surface area contributed by atoms with Crippen LogP contribution in [-0.2, 0) is 11.2 Å². The number of amides is 1. The lowest BCUT2D eigenvalue weighted by molar-refractivity contribution is 0.0355. The minimum absolute atomic E-state index is 0.00665. The predicted octanol–water partition coefficient (Wildman–Crippen LogP) is 2.25. The van der Waals surface area contributed by atoms with Crippen LogP contribution in [0, 0.1) is 0 Å². The molecule has 0 aromatic heterocycles. The van der Waals surface area contributed by atoms with Crippen molar-refractivity contribution >= 4 is 5.91 Å². The second-order valence-corrected chi connectivity index (χ2v) is 5.65. The van der Waals surface area contributed by atoms with Gasteiger partial charge < -0.3 is 15.2 Å². The smallest absolute Gasteiger partial charge is 0.255 e. The van der Waals surface area contributed by atoms with Crippen LogP contribution in [0.1, 0.15) is 43.1 Å². The number of nitrogens with one attached hydrogen (secondary N) is 1. The Morgan fingerprint density at radius 1 is 1.53 bits per heavy atom. The number of ether oxygens (including phenoxy) is 1. The van der Waals surface area contributed by atoms with Crippen molar-refractivity contribution in [3.63, 3.8) is 0 Å². The van der Waals surface area contributed by atoms with Crippen molar-refractivity contribution in [3.8, 4) is 5.75 Å². The number of hydrogen-bond donors (Lipinski definition) is 2. The summed E-state index contributed by atoms with van der Waals surface area (Å²) in [5.41, 5.74) is 1.18. The molecule has 1 heterocycles. The molecule has 1 aliphatic rings. The summed E-state index contributed by atoms with van der Waals surface area (Å²) in [5, 5.41) is 12.7. The Labute approximate surface area is 113 Å². The summed E-state index contributed by atoms with van der Waals surface area (Å²) in [4.78, 5) is 12.2. The molecule has 0 bridgehead atoms. The Bertz CT molecular complexity index is 482. The third-order valence-corrected chi connectivity index (χ3v) is 3.46. The van der Waals surface area contributed by atoms with Gasteiger partial charge in [-0.05, 0) is 44.4 Å². The summed E-state index contributed by atoms with van der Waals surface area (Å²) < 4.78 is 5.59. The zero-order valence-corrected chi connectivity index (χ0v) is 11.7. The standard InChI is InChI=1S/C15H21NO3/c1-4-10-5-6-13(17)12(7-10)14(18)16-11-8-15(2,3)19-9-11/h5-7,11,17H,4,8-9H2,1-3H3,(H,16,18). The Hall–Kier alpha value is -1.55. The second-order valence-electron chi connectivity index (χ2n) is 5.65. The average molecular weight is 263 g/mol. The molecule has 0 saturated carbocycles. The third-order valence-electron chi connectivity index (χ3n) is 3.46. The third kappa shape index (κ3) is 3.26. The van der Waals surface area contributed by atoms with E-state index < -0.39 is 0 Å². The topological polar surface area (TPSA) is 58.6 Å². The minimum Gasteiger partial charge on any atom is -0.507 e. The zero-order chi connectivity index (χ0) is 14.0. The summed E-state index contributed by atoms with van der Waals surface area (Å²) in [6, 6.07) is 5.15. The summed E-state index contributed by atoms with van der Waals surface area (Å²) >= 11 is 0. The minimum atomic E-state index is -0.237. The first-order chi connectivity index (χ1) is 8.91. The van der Waals surface area contributed by atoms with Gasteiger partial charge in [0.05, 0.1) is 23.8 Å². The maximum absolute atomic E-state index is 12.2. The second kappa shape index (κ2) is 5.21. The van der Waals surface area contributed by atoms with Gasteiger partial charge in [-0.2, -0.15) is 0 Å². The zero-order valence-electron chi connectivity index (χ0n) is 11.7. The highest BCUT2D eigenvalue weighted by Gasteiger charge is 2.33. The molecular formula is C15H21NO3. The van der Waals surface area contributed by atoms with Gasteiger partial charge in [0.2, 0.25) is 0 Å². The predicted molar refractivity (Wildman–Crippen MR) is 73.4 cm³/mol. The van der Waals surface area contributed by atoms with Crippen molar-refractivity contribution in [2.45, 2.75) is 45.3 Å². The van der Waals surface area contributed by atoms with E-state index in [9.17, 15) is 9.90 Å². The summed E-state index contributed by atoms with van der Waals surface area (Å²) in [6.45, 7) is 6.55. The Balaban J connectivity index is 2.08. The van der Waals surface area contributed by atoms with Crippen molar-refractivity contribution in [2.24, 2.45) is 0 Å². The van der Waals surface area contributed by atoms with Gasteiger partial charge in [-0.1, -0.05) is 13.0 Å². The molecule has 1 unspecified atom stereocenters. The SMILES string of the molecule is CCc1ccc(O)c(C(=O)NC2COC(C)(C)C2)c1. The normalized spacial score (nSPS) is 21.3. The first-order valence-corrected chi connectivity index (χ1v) is 6.68. The Morgan fingerprint density at radius 3 is 2.84 bits per heavy atom. The molecule has 104 valence electrons. The van der Waals surface area contributed by atoms with Crippen LogP contribution in [0.4, 0.5) is 0 Å². The van der Waals surface area contributed by atoms with Gasteiger partial charge in [-0.15, -0.1) is 0 Å². The maximum atomic E-state index is 12.2. The Morgan fingerprint density at radius 2 is 2.26 bits per heavy atom. The van der Waals surface area contributed by atoms with Crippen LogP contribution in [0.25, 0.3) is 0 Å². The van der Waals surface area contributed by atoms with Gasteiger partial charge in [-0.25, -0.2) is 0 Å². The van der Waals surface area contributed by atoms with Crippen molar-refractivity contribution in [3.05, 3.63) is 29.3 Å². The van der Waals surface area contributed by atoms with E-state index in [-0.39, 0.29) is 23.3 Å². The van der Waals surface area contributed by atoms with Crippen LogP contribution in [-0.4, -0.2) is 29.3 Å². The molecule has 2 N–H and O–H groups in total. The van der Waals surface area contributed by atoms with E-state index in [1.165, 1.54) is 0 Å². The van der Waals surface area contributed by atoms with Crippen LogP contribution in [0.3, 0.4) is 0 Å². The fourth-order valence-electron chi connectivity index (χ4n) is 2.38. The van der Waals surface area contributed by atoms with Crippen LogP contribution in [0.15, 0.2) is 18.2 Å². The molecule has 1 fully saturated rings. The van der Waals surface area contributed by atoms with Gasteiger partial charge in [0.15, 0.2) is 0 Å². The van der Waals surface area contributed by atoms with E-state index in [0.29, 0.717) is 12.2 Å². The van der Waals surface area contributed by atoms with Crippen LogP contribution in [0.2, 0.25) is 0 Å². The summed E-state index contributed by atoms with van der Waals surface area (Å²) in [7, 11) is 0. The number of aryl methyl sites for hydroxylation is 1. The first kappa shape index (κ1) is 13.9. The Kier molecular flexibility index (Phi) is 3.80. The fourth-order valence-corrected chi connectivity index (χ4v) is 2.38. The number of carbonyl (C=O) groups excluding carboxylic acids is 1. The van der Waals surface area contributed by atoms with Gasteiger partial charge in [0.1, 0.15) is 5.75 Å². The van der Waals surface area contributed by atoms with Crippen molar-refractivity contribution in [1.82, 2.24) is 5.32 Å². The van der Waals surface area contributed by atoms with Crippen LogP contribution >= 0.6 is 0 Å². The van der Waals surface area contributed by atoms with Gasteiger partial charge in [0, 0.05) is 0 Å². The lowest BCUT2D eigenvalue weighted by Gasteiger charge is -2.16. The number of phenolic OH excluding ortho intramolecular Hbond substituents is 1. The van der Waals surface area contributed by atoms with Gasteiger partial charge in [-0.3, -0.25) is 4.79 Å². The van der Waals surface area contributed by atoms with Crippen molar-refractivity contribution < 1.29 is 14.6 Å². The highest BCUT2D eigenvalue weighted by molar-refractivity contribution is 5.97. The molecule has 1 amide bonds. The van der Waals surface area contributed by atoms with Crippen LogP contribution < -0.4 is 5.32 Å². The highest BCUT2D eigenvalue weighted by atomic mass is 16.5. The molecule has 19 heavy (non-hydrogen) atoms. The fraction of sp³-hybridized carbons (Fsp3) is 0.533. The van der Waals surface area contributed by atoms with E-state index in [2.05, 4.69) is 5.32 Å². The average Bonchev–Trinajstić information content (AvgIpc) is 2.69.